The maximum absolute atomic E-state index is 5.75. The highest BCUT2D eigenvalue weighted by atomic mass is 16.5. The number of ether oxygens (including phenoxy) is 2. The summed E-state index contributed by atoms with van der Waals surface area (Å²) in [5.41, 5.74) is 2.27. The van der Waals surface area contributed by atoms with Gasteiger partial charge in [0.1, 0.15) is 0 Å². The molecule has 0 radical (unpaired) electrons. The van der Waals surface area contributed by atoms with Crippen molar-refractivity contribution in [1.82, 2.24) is 5.32 Å². The lowest BCUT2D eigenvalue weighted by atomic mass is 10.2. The maximum atomic E-state index is 5.75. The first-order valence-electron chi connectivity index (χ1n) is 6.00. The third-order valence-corrected chi connectivity index (χ3v) is 2.60. The Bertz CT molecular complexity index is 401. The van der Waals surface area contributed by atoms with Crippen LogP contribution in [0.15, 0.2) is 30.4 Å². The molecule has 1 N–H and O–H groups in total. The first-order valence-corrected chi connectivity index (χ1v) is 6.00. The Morgan fingerprint density at radius 3 is 3.00 bits per heavy atom. The molecule has 1 aromatic carbocycles. The van der Waals surface area contributed by atoms with Crippen molar-refractivity contribution in [1.29, 1.82) is 0 Å². The van der Waals surface area contributed by atoms with E-state index in [0.717, 1.165) is 55.4 Å². The van der Waals surface area contributed by atoms with Crippen LogP contribution < -0.4 is 14.8 Å². The Morgan fingerprint density at radius 2 is 2.18 bits per heavy atom. The van der Waals surface area contributed by atoms with Gasteiger partial charge in [-0.25, -0.2) is 0 Å². The highest BCUT2D eigenvalue weighted by Crippen LogP contribution is 2.33. The van der Waals surface area contributed by atoms with Gasteiger partial charge in [-0.2, -0.15) is 0 Å². The second-order valence-corrected chi connectivity index (χ2v) is 4.36. The van der Waals surface area contributed by atoms with Crippen LogP contribution in [-0.4, -0.2) is 19.8 Å². The molecule has 1 aliphatic heterocycles. The van der Waals surface area contributed by atoms with E-state index in [4.69, 9.17) is 9.47 Å². The van der Waals surface area contributed by atoms with Crippen LogP contribution in [0.25, 0.3) is 0 Å². The number of hydrogen-bond donors (Lipinski definition) is 1. The van der Waals surface area contributed by atoms with E-state index in [9.17, 15) is 0 Å². The van der Waals surface area contributed by atoms with Crippen LogP contribution in [0.3, 0.4) is 0 Å². The molecule has 3 nitrogen and oxygen atoms in total. The van der Waals surface area contributed by atoms with Gasteiger partial charge in [0.15, 0.2) is 11.5 Å². The van der Waals surface area contributed by atoms with Crippen LogP contribution in [0.5, 0.6) is 11.5 Å². The van der Waals surface area contributed by atoms with E-state index in [1.807, 2.05) is 19.1 Å². The van der Waals surface area contributed by atoms with Crippen LogP contribution in [0.1, 0.15) is 18.9 Å². The molecule has 1 aromatic rings. The molecular formula is C14H19NO2. The number of rotatable bonds is 4. The molecule has 0 aromatic heterocycles. The van der Waals surface area contributed by atoms with Crippen LogP contribution >= 0.6 is 0 Å². The van der Waals surface area contributed by atoms with Crippen molar-refractivity contribution in [3.8, 4) is 11.5 Å². The van der Waals surface area contributed by atoms with Crippen molar-refractivity contribution in [2.24, 2.45) is 0 Å². The largest absolute Gasteiger partial charge is 0.490 e. The van der Waals surface area contributed by atoms with Gasteiger partial charge < -0.3 is 14.8 Å². The fraction of sp³-hybridized carbons (Fsp3) is 0.429. The van der Waals surface area contributed by atoms with Crippen molar-refractivity contribution >= 4 is 0 Å². The Kier molecular flexibility index (Phi) is 4.04. The van der Waals surface area contributed by atoms with Crippen LogP contribution in [0.2, 0.25) is 0 Å². The minimum atomic E-state index is 0.727. The second kappa shape index (κ2) is 5.73. The van der Waals surface area contributed by atoms with Gasteiger partial charge in [0.25, 0.3) is 0 Å². The van der Waals surface area contributed by atoms with Crippen LogP contribution in [0.4, 0.5) is 0 Å². The Labute approximate surface area is 102 Å². The van der Waals surface area contributed by atoms with E-state index in [1.165, 1.54) is 0 Å². The average Bonchev–Trinajstić information content (AvgIpc) is 2.54. The molecular weight excluding hydrogens is 214 g/mol. The zero-order chi connectivity index (χ0) is 12.1. The fourth-order valence-corrected chi connectivity index (χ4v) is 1.80. The van der Waals surface area contributed by atoms with Gasteiger partial charge >= 0.3 is 0 Å². The van der Waals surface area contributed by atoms with E-state index in [2.05, 4.69) is 18.0 Å². The SMILES string of the molecule is C=C(C)CNCc1cccc2c1OCCCO2. The van der Waals surface area contributed by atoms with Crippen molar-refractivity contribution < 1.29 is 9.47 Å². The fourth-order valence-electron chi connectivity index (χ4n) is 1.80. The number of nitrogens with one attached hydrogen (secondary N) is 1. The molecule has 0 unspecified atom stereocenters. The summed E-state index contributed by atoms with van der Waals surface area (Å²) in [5, 5.41) is 3.34. The van der Waals surface area contributed by atoms with Crippen molar-refractivity contribution in [3.63, 3.8) is 0 Å². The predicted octanol–water partition coefficient (Wildman–Crippen LogP) is 2.51. The van der Waals surface area contributed by atoms with Gasteiger partial charge in [-0.15, -0.1) is 0 Å². The molecule has 92 valence electrons. The molecule has 0 amide bonds. The summed E-state index contributed by atoms with van der Waals surface area (Å²) in [7, 11) is 0. The van der Waals surface area contributed by atoms with Crippen LogP contribution in [0, 0.1) is 0 Å². The summed E-state index contributed by atoms with van der Waals surface area (Å²) in [4.78, 5) is 0. The molecule has 0 atom stereocenters. The molecule has 0 saturated heterocycles. The summed E-state index contributed by atoms with van der Waals surface area (Å²) < 4.78 is 11.4. The minimum Gasteiger partial charge on any atom is -0.490 e. The summed E-state index contributed by atoms with van der Waals surface area (Å²) in [6.45, 7) is 8.94. The predicted molar refractivity (Wildman–Crippen MR) is 68.6 cm³/mol. The third-order valence-electron chi connectivity index (χ3n) is 2.60. The summed E-state index contributed by atoms with van der Waals surface area (Å²) in [6.07, 6.45) is 0.938. The lowest BCUT2D eigenvalue weighted by Gasteiger charge is -2.13. The van der Waals surface area contributed by atoms with E-state index < -0.39 is 0 Å². The first-order chi connectivity index (χ1) is 8.27. The third kappa shape index (κ3) is 3.24. The standard InChI is InChI=1S/C14H19NO2/c1-11(2)9-15-10-12-5-3-6-13-14(12)17-8-4-7-16-13/h3,5-6,15H,1,4,7-10H2,2H3. The maximum Gasteiger partial charge on any atom is 0.165 e. The Hall–Kier alpha value is -1.48. The first kappa shape index (κ1) is 12.0. The highest BCUT2D eigenvalue weighted by molar-refractivity contribution is 5.47. The second-order valence-electron chi connectivity index (χ2n) is 4.36. The lowest BCUT2D eigenvalue weighted by molar-refractivity contribution is 0.296. The molecule has 0 fully saturated rings. The van der Waals surface area contributed by atoms with Gasteiger partial charge in [-0.05, 0) is 13.0 Å². The monoisotopic (exact) mass is 233 g/mol. The average molecular weight is 233 g/mol. The van der Waals surface area contributed by atoms with E-state index in [-0.39, 0.29) is 0 Å². The van der Waals surface area contributed by atoms with E-state index in [1.54, 1.807) is 0 Å². The Morgan fingerprint density at radius 1 is 1.35 bits per heavy atom. The zero-order valence-corrected chi connectivity index (χ0v) is 10.3. The van der Waals surface area contributed by atoms with Gasteiger partial charge in [0.2, 0.25) is 0 Å². The number of hydrogen-bond acceptors (Lipinski definition) is 3. The number of fused-ring (bicyclic) bond motifs is 1. The van der Waals surface area contributed by atoms with Crippen molar-refractivity contribution in [3.05, 3.63) is 35.9 Å². The van der Waals surface area contributed by atoms with Crippen molar-refractivity contribution in [2.45, 2.75) is 19.9 Å². The minimum absolute atomic E-state index is 0.727. The molecule has 0 aliphatic carbocycles. The van der Waals surface area contributed by atoms with Crippen LogP contribution in [-0.2, 0) is 6.54 Å². The molecule has 3 heteroatoms. The molecule has 0 spiro atoms. The smallest absolute Gasteiger partial charge is 0.165 e. The van der Waals surface area contributed by atoms with Crippen molar-refractivity contribution in [2.75, 3.05) is 19.8 Å². The number of benzene rings is 1. The van der Waals surface area contributed by atoms with Gasteiger partial charge in [-0.1, -0.05) is 24.3 Å². The Balaban J connectivity index is 2.08. The lowest BCUT2D eigenvalue weighted by Crippen LogP contribution is -2.16. The molecule has 0 bridgehead atoms. The normalized spacial score (nSPS) is 14.2. The van der Waals surface area contributed by atoms with E-state index in [0.29, 0.717) is 0 Å². The number of para-hydroxylation sites is 1. The molecule has 1 heterocycles. The van der Waals surface area contributed by atoms with Gasteiger partial charge in [0.05, 0.1) is 13.2 Å². The zero-order valence-electron chi connectivity index (χ0n) is 10.3. The van der Waals surface area contributed by atoms with E-state index >= 15 is 0 Å². The molecule has 0 saturated carbocycles. The summed E-state index contributed by atoms with van der Waals surface area (Å²) in [5.74, 6) is 1.75. The molecule has 17 heavy (non-hydrogen) atoms. The van der Waals surface area contributed by atoms with Gasteiger partial charge in [-0.3, -0.25) is 0 Å². The van der Waals surface area contributed by atoms with Gasteiger partial charge in [0, 0.05) is 25.1 Å². The quantitative estimate of drug-likeness (QED) is 0.811. The highest BCUT2D eigenvalue weighted by Gasteiger charge is 2.13. The summed E-state index contributed by atoms with van der Waals surface area (Å²) >= 11 is 0. The topological polar surface area (TPSA) is 30.5 Å². The molecule has 1 aliphatic rings. The summed E-state index contributed by atoms with van der Waals surface area (Å²) in [6, 6.07) is 6.03. The molecule has 2 rings (SSSR count).